The van der Waals surface area contributed by atoms with Crippen molar-refractivity contribution in [3.63, 3.8) is 0 Å². The molecule has 0 bridgehead atoms. The average Bonchev–Trinajstić information content (AvgIpc) is 3.32. The fraction of sp³-hybridized carbons (Fsp3) is 0.696. The quantitative estimate of drug-likeness (QED) is 0.556. The molecule has 1 saturated carbocycles. The van der Waals surface area contributed by atoms with Gasteiger partial charge in [0.05, 0.1) is 11.7 Å². The van der Waals surface area contributed by atoms with Crippen LogP contribution >= 0.6 is 11.7 Å². The molecule has 182 valence electrons. The molecule has 0 spiro atoms. The van der Waals surface area contributed by atoms with Gasteiger partial charge in [0.2, 0.25) is 15.9 Å². The van der Waals surface area contributed by atoms with Gasteiger partial charge in [0.15, 0.2) is 0 Å². The number of rotatable bonds is 9. The van der Waals surface area contributed by atoms with Crippen LogP contribution in [0.15, 0.2) is 23.1 Å². The number of aromatic nitrogens is 2. The van der Waals surface area contributed by atoms with Crippen molar-refractivity contribution in [3.8, 4) is 0 Å². The molecular weight excluding hydrogens is 458 g/mol. The lowest BCUT2D eigenvalue weighted by atomic mass is 9.81. The maximum Gasteiger partial charge on any atom is 0.242 e. The van der Waals surface area contributed by atoms with Gasteiger partial charge in [-0.2, -0.15) is 8.75 Å². The maximum atomic E-state index is 12.8. The second kappa shape index (κ2) is 11.2. The van der Waals surface area contributed by atoms with Crippen LogP contribution in [0.5, 0.6) is 0 Å². The zero-order valence-corrected chi connectivity index (χ0v) is 21.0. The number of hydrogen-bond acceptors (Lipinski definition) is 7. The summed E-state index contributed by atoms with van der Waals surface area (Å²) in [5.74, 6) is 0.438. The fourth-order valence-corrected chi connectivity index (χ4v) is 7.10. The lowest BCUT2D eigenvalue weighted by Crippen LogP contribution is -2.44. The molecule has 1 saturated heterocycles. The van der Waals surface area contributed by atoms with Gasteiger partial charge in [0.1, 0.15) is 15.9 Å². The average molecular weight is 494 g/mol. The molecule has 1 aromatic carbocycles. The lowest BCUT2D eigenvalue weighted by molar-refractivity contribution is -0.126. The Morgan fingerprint density at radius 2 is 1.97 bits per heavy atom. The number of benzene rings is 1. The van der Waals surface area contributed by atoms with E-state index >= 15 is 0 Å². The highest BCUT2D eigenvalue weighted by molar-refractivity contribution is 7.89. The molecule has 2 heterocycles. The Bertz CT molecular complexity index is 1030. The van der Waals surface area contributed by atoms with Gasteiger partial charge < -0.3 is 5.32 Å². The number of nitrogens with zero attached hydrogens (tertiary/aromatic N) is 3. The summed E-state index contributed by atoms with van der Waals surface area (Å²) in [4.78, 5) is 15.3. The first-order valence-electron chi connectivity index (χ1n) is 12.2. The molecule has 0 radical (unpaired) electrons. The molecule has 1 aliphatic carbocycles. The summed E-state index contributed by atoms with van der Waals surface area (Å²) in [6.45, 7) is 5.42. The number of nitrogens with one attached hydrogen (secondary N) is 2. The van der Waals surface area contributed by atoms with Crippen molar-refractivity contribution in [1.29, 1.82) is 0 Å². The maximum absolute atomic E-state index is 12.8. The van der Waals surface area contributed by atoms with Crippen LogP contribution in [0, 0.1) is 11.8 Å². The molecule has 1 unspecified atom stereocenters. The normalized spacial score (nSPS) is 24.7. The lowest BCUT2D eigenvalue weighted by Gasteiger charge is -2.35. The molecule has 2 aliphatic rings. The molecule has 1 aromatic heterocycles. The van der Waals surface area contributed by atoms with Gasteiger partial charge in [-0.3, -0.25) is 9.69 Å². The first-order chi connectivity index (χ1) is 16.0. The van der Waals surface area contributed by atoms with Crippen LogP contribution < -0.4 is 10.0 Å². The van der Waals surface area contributed by atoms with E-state index in [1.165, 1.54) is 25.7 Å². The molecule has 10 heteroatoms. The number of sulfonamides is 1. The summed E-state index contributed by atoms with van der Waals surface area (Å²) in [6.07, 6.45) is 8.36. The smallest absolute Gasteiger partial charge is 0.242 e. The summed E-state index contributed by atoms with van der Waals surface area (Å²) in [5, 5.41) is 3.15. The summed E-state index contributed by atoms with van der Waals surface area (Å²) >= 11 is 1.01. The summed E-state index contributed by atoms with van der Waals surface area (Å²) in [5.41, 5.74) is 1.02. The van der Waals surface area contributed by atoms with Gasteiger partial charge in [0.25, 0.3) is 0 Å². The van der Waals surface area contributed by atoms with E-state index in [2.05, 4.69) is 30.6 Å². The highest BCUT2D eigenvalue weighted by Gasteiger charge is 2.28. The zero-order valence-electron chi connectivity index (χ0n) is 19.3. The zero-order chi connectivity index (χ0) is 23.3. The van der Waals surface area contributed by atoms with Gasteiger partial charge >= 0.3 is 0 Å². The Balaban J connectivity index is 1.19. The Kier molecular flexibility index (Phi) is 8.32. The van der Waals surface area contributed by atoms with Gasteiger partial charge in [0, 0.05) is 31.6 Å². The summed E-state index contributed by atoms with van der Waals surface area (Å²) < 4.78 is 36.6. The van der Waals surface area contributed by atoms with E-state index in [1.54, 1.807) is 18.2 Å². The Morgan fingerprint density at radius 3 is 2.76 bits per heavy atom. The number of carbonyl (C=O) groups excluding carboxylic acids is 1. The SMILES string of the molecule is CCC1CCCCN1CCNC(=O)C1CCC(CNS(=O)(=O)c2cccc3nsnc23)CC1. The van der Waals surface area contributed by atoms with Crippen LogP contribution in [0.25, 0.3) is 11.0 Å². The Labute approximate surface area is 200 Å². The molecule has 2 fully saturated rings. The van der Waals surface area contributed by atoms with Crippen molar-refractivity contribution in [3.05, 3.63) is 18.2 Å². The third-order valence-corrected chi connectivity index (χ3v) is 9.23. The minimum absolute atomic E-state index is 0.0380. The van der Waals surface area contributed by atoms with Gasteiger partial charge in [-0.15, -0.1) is 0 Å². The number of likely N-dealkylation sites (tertiary alicyclic amines) is 1. The van der Waals surface area contributed by atoms with E-state index in [4.69, 9.17) is 0 Å². The second-order valence-corrected chi connectivity index (χ2v) is 11.6. The van der Waals surface area contributed by atoms with Crippen molar-refractivity contribution in [2.24, 2.45) is 11.8 Å². The van der Waals surface area contributed by atoms with E-state index in [0.717, 1.165) is 50.5 Å². The van der Waals surface area contributed by atoms with Gasteiger partial charge in [-0.25, -0.2) is 13.1 Å². The molecule has 1 aliphatic heterocycles. The topological polar surface area (TPSA) is 104 Å². The van der Waals surface area contributed by atoms with Gasteiger partial charge in [-0.1, -0.05) is 19.4 Å². The van der Waals surface area contributed by atoms with E-state index in [0.29, 0.717) is 30.2 Å². The van der Waals surface area contributed by atoms with Crippen molar-refractivity contribution >= 4 is 38.7 Å². The van der Waals surface area contributed by atoms with Crippen molar-refractivity contribution in [2.45, 2.75) is 69.2 Å². The summed E-state index contributed by atoms with van der Waals surface area (Å²) in [6, 6.07) is 5.68. The van der Waals surface area contributed by atoms with Crippen LogP contribution in [0.4, 0.5) is 0 Å². The monoisotopic (exact) mass is 493 g/mol. The van der Waals surface area contributed by atoms with Crippen LogP contribution in [0.1, 0.15) is 58.3 Å². The van der Waals surface area contributed by atoms with Crippen molar-refractivity contribution in [1.82, 2.24) is 23.7 Å². The van der Waals surface area contributed by atoms with Gasteiger partial charge in [-0.05, 0) is 69.5 Å². The third kappa shape index (κ3) is 6.09. The van der Waals surface area contributed by atoms with Crippen LogP contribution in [0.2, 0.25) is 0 Å². The predicted molar refractivity (Wildman–Crippen MR) is 131 cm³/mol. The fourth-order valence-electron chi connectivity index (χ4n) is 5.22. The van der Waals surface area contributed by atoms with Crippen LogP contribution in [-0.2, 0) is 14.8 Å². The number of carbonyl (C=O) groups is 1. The molecule has 8 nitrogen and oxygen atoms in total. The predicted octanol–water partition coefficient (Wildman–Crippen LogP) is 3.16. The molecule has 4 rings (SSSR count). The van der Waals surface area contributed by atoms with E-state index in [-0.39, 0.29) is 22.6 Å². The largest absolute Gasteiger partial charge is 0.355 e. The standard InChI is InChI=1S/C23H35N5O3S2/c1-2-19-6-3-4-14-28(19)15-13-24-23(29)18-11-9-17(10-12-18)16-25-33(30,31)21-8-5-7-20-22(21)27-32-26-20/h5,7-8,17-19,25H,2-4,6,9-16H2,1H3,(H,24,29). The van der Waals surface area contributed by atoms with E-state index in [1.807, 2.05) is 0 Å². The minimum Gasteiger partial charge on any atom is -0.355 e. The Hall–Kier alpha value is -1.62. The highest BCUT2D eigenvalue weighted by Crippen LogP contribution is 2.29. The van der Waals surface area contributed by atoms with E-state index < -0.39 is 10.0 Å². The third-order valence-electron chi connectivity index (χ3n) is 7.24. The minimum atomic E-state index is -3.65. The molecule has 2 aromatic rings. The second-order valence-electron chi connectivity index (χ2n) is 9.34. The van der Waals surface area contributed by atoms with Crippen LogP contribution in [-0.4, -0.2) is 60.2 Å². The Morgan fingerprint density at radius 1 is 1.15 bits per heavy atom. The molecule has 1 amide bonds. The first kappa shape index (κ1) is 24.5. The highest BCUT2D eigenvalue weighted by atomic mass is 32.2. The van der Waals surface area contributed by atoms with Crippen LogP contribution in [0.3, 0.4) is 0 Å². The number of piperidine rings is 1. The molecule has 1 atom stereocenters. The number of fused-ring (bicyclic) bond motifs is 1. The number of hydrogen-bond donors (Lipinski definition) is 2. The molecule has 33 heavy (non-hydrogen) atoms. The van der Waals surface area contributed by atoms with Crippen molar-refractivity contribution in [2.75, 3.05) is 26.2 Å². The van der Waals surface area contributed by atoms with E-state index in [9.17, 15) is 13.2 Å². The number of amides is 1. The first-order valence-corrected chi connectivity index (χ1v) is 14.4. The molecule has 2 N–H and O–H groups in total. The van der Waals surface area contributed by atoms with Crippen molar-refractivity contribution < 1.29 is 13.2 Å². The summed E-state index contributed by atoms with van der Waals surface area (Å²) in [7, 11) is -3.65. The molecular formula is C23H35N5O3S2.